The first-order valence-electron chi connectivity index (χ1n) is 7.37. The maximum Gasteiger partial charge on any atom is 0.150 e. The molecule has 0 spiro atoms. The number of nitrogens with zero attached hydrogens (tertiary/aromatic N) is 5. The average Bonchev–Trinajstić information content (AvgIpc) is 2.87. The minimum Gasteiger partial charge on any atom is -0.354 e. The zero-order valence-electron chi connectivity index (χ0n) is 12.6. The van der Waals surface area contributed by atoms with E-state index in [0.717, 1.165) is 56.4 Å². The molecule has 0 bridgehead atoms. The van der Waals surface area contributed by atoms with Crippen molar-refractivity contribution in [3.8, 4) is 0 Å². The molecule has 6 heteroatoms. The van der Waals surface area contributed by atoms with Gasteiger partial charge in [-0.15, -0.1) is 11.3 Å². The smallest absolute Gasteiger partial charge is 0.150 e. The van der Waals surface area contributed by atoms with E-state index in [-0.39, 0.29) is 0 Å². The number of hydrogen-bond donors (Lipinski definition) is 0. The van der Waals surface area contributed by atoms with Gasteiger partial charge in [0.25, 0.3) is 0 Å². The number of hydrogen-bond acceptors (Lipinski definition) is 6. The summed E-state index contributed by atoms with van der Waals surface area (Å²) in [5.41, 5.74) is 5.10. The van der Waals surface area contributed by atoms with Crippen LogP contribution in [-0.4, -0.2) is 46.0 Å². The van der Waals surface area contributed by atoms with E-state index in [1.54, 1.807) is 11.3 Å². The number of aryl methyl sites for hydroxylation is 2. The van der Waals surface area contributed by atoms with Gasteiger partial charge in [-0.25, -0.2) is 9.97 Å². The van der Waals surface area contributed by atoms with E-state index in [9.17, 15) is 0 Å². The number of thiazole rings is 1. The van der Waals surface area contributed by atoms with Gasteiger partial charge in [0.1, 0.15) is 5.82 Å². The Morgan fingerprint density at radius 3 is 2.86 bits per heavy atom. The molecule has 2 aromatic rings. The van der Waals surface area contributed by atoms with Crippen LogP contribution in [0.25, 0.3) is 0 Å². The van der Waals surface area contributed by atoms with Crippen LogP contribution in [0.15, 0.2) is 17.1 Å². The molecule has 21 heavy (non-hydrogen) atoms. The van der Waals surface area contributed by atoms with Crippen LogP contribution in [0.5, 0.6) is 0 Å². The summed E-state index contributed by atoms with van der Waals surface area (Å²) in [5.74, 6) is 1.05. The first-order chi connectivity index (χ1) is 10.2. The monoisotopic (exact) mass is 303 g/mol. The van der Waals surface area contributed by atoms with Crippen molar-refractivity contribution >= 4 is 17.2 Å². The van der Waals surface area contributed by atoms with Gasteiger partial charge in [0, 0.05) is 44.3 Å². The third-order valence-corrected chi connectivity index (χ3v) is 4.44. The Kier molecular flexibility index (Phi) is 4.45. The molecule has 5 nitrogen and oxygen atoms in total. The van der Waals surface area contributed by atoms with Gasteiger partial charge in [-0.2, -0.15) is 0 Å². The molecule has 0 aliphatic carbocycles. The van der Waals surface area contributed by atoms with Gasteiger partial charge >= 0.3 is 0 Å². The van der Waals surface area contributed by atoms with Gasteiger partial charge in [0.15, 0.2) is 0 Å². The van der Waals surface area contributed by atoms with Crippen LogP contribution in [0.1, 0.15) is 23.5 Å². The lowest BCUT2D eigenvalue weighted by Crippen LogP contribution is -2.31. The first kappa shape index (κ1) is 14.4. The van der Waals surface area contributed by atoms with Crippen LogP contribution < -0.4 is 4.90 Å². The molecule has 0 amide bonds. The second-order valence-electron chi connectivity index (χ2n) is 5.52. The summed E-state index contributed by atoms with van der Waals surface area (Å²) < 4.78 is 0. The van der Waals surface area contributed by atoms with Gasteiger partial charge in [-0.1, -0.05) is 0 Å². The van der Waals surface area contributed by atoms with Crippen LogP contribution >= 0.6 is 11.3 Å². The molecule has 0 saturated carbocycles. The third-order valence-electron chi connectivity index (χ3n) is 3.81. The van der Waals surface area contributed by atoms with Crippen molar-refractivity contribution in [2.24, 2.45) is 0 Å². The SMILES string of the molecule is Cc1cnc(C)c(N2CCCN(Cc3cscn3)CC2)n1. The van der Waals surface area contributed by atoms with Crippen molar-refractivity contribution in [1.82, 2.24) is 19.9 Å². The molecule has 3 rings (SSSR count). The highest BCUT2D eigenvalue weighted by molar-refractivity contribution is 7.07. The Morgan fingerprint density at radius 2 is 2.05 bits per heavy atom. The fourth-order valence-corrected chi connectivity index (χ4v) is 3.26. The van der Waals surface area contributed by atoms with Crippen LogP contribution in [0, 0.1) is 13.8 Å². The average molecular weight is 303 g/mol. The van der Waals surface area contributed by atoms with Gasteiger partial charge < -0.3 is 4.90 Å². The minimum absolute atomic E-state index is 0.954. The molecule has 112 valence electrons. The number of anilines is 1. The molecule has 1 fully saturated rings. The quantitative estimate of drug-likeness (QED) is 0.870. The van der Waals surface area contributed by atoms with Crippen molar-refractivity contribution in [3.63, 3.8) is 0 Å². The lowest BCUT2D eigenvalue weighted by molar-refractivity contribution is 0.282. The molecule has 3 heterocycles. The molecular formula is C15H21N5S. The number of aromatic nitrogens is 3. The standard InChI is InChI=1S/C15H21N5S/c1-12-8-16-13(2)15(18-12)20-5-3-4-19(6-7-20)9-14-10-21-11-17-14/h8,10-11H,3-7,9H2,1-2H3. The van der Waals surface area contributed by atoms with Gasteiger partial charge in [-0.3, -0.25) is 9.88 Å². The second-order valence-corrected chi connectivity index (χ2v) is 6.24. The highest BCUT2D eigenvalue weighted by Gasteiger charge is 2.18. The molecular weight excluding hydrogens is 282 g/mol. The summed E-state index contributed by atoms with van der Waals surface area (Å²) in [7, 11) is 0. The Morgan fingerprint density at radius 1 is 1.14 bits per heavy atom. The van der Waals surface area contributed by atoms with Crippen LogP contribution in [0.2, 0.25) is 0 Å². The predicted molar refractivity (Wildman–Crippen MR) is 85.7 cm³/mol. The van der Waals surface area contributed by atoms with E-state index < -0.39 is 0 Å². The third kappa shape index (κ3) is 3.57. The van der Waals surface area contributed by atoms with E-state index in [0.29, 0.717) is 0 Å². The van der Waals surface area contributed by atoms with E-state index in [2.05, 4.69) is 30.1 Å². The molecule has 1 aliphatic rings. The van der Waals surface area contributed by atoms with Crippen LogP contribution in [0.3, 0.4) is 0 Å². The van der Waals surface area contributed by atoms with Crippen LogP contribution in [0.4, 0.5) is 5.82 Å². The van der Waals surface area contributed by atoms with E-state index in [1.807, 2.05) is 25.6 Å². The Hall–Kier alpha value is -1.53. The highest BCUT2D eigenvalue weighted by Crippen LogP contribution is 2.18. The Bertz CT molecular complexity index is 584. The van der Waals surface area contributed by atoms with Crippen molar-refractivity contribution in [1.29, 1.82) is 0 Å². The van der Waals surface area contributed by atoms with E-state index in [1.165, 1.54) is 5.69 Å². The van der Waals surface area contributed by atoms with Crippen molar-refractivity contribution in [2.45, 2.75) is 26.8 Å². The summed E-state index contributed by atoms with van der Waals surface area (Å²) in [4.78, 5) is 18.3. The van der Waals surface area contributed by atoms with Crippen molar-refractivity contribution in [2.75, 3.05) is 31.1 Å². The number of rotatable bonds is 3. The van der Waals surface area contributed by atoms with E-state index >= 15 is 0 Å². The Labute approximate surface area is 129 Å². The normalized spacial score (nSPS) is 17.0. The summed E-state index contributed by atoms with van der Waals surface area (Å²) in [5, 5.41) is 2.14. The summed E-state index contributed by atoms with van der Waals surface area (Å²) >= 11 is 1.67. The zero-order chi connectivity index (χ0) is 14.7. The fourth-order valence-electron chi connectivity index (χ4n) is 2.71. The maximum atomic E-state index is 4.67. The molecule has 0 N–H and O–H groups in total. The lowest BCUT2D eigenvalue weighted by Gasteiger charge is -2.23. The minimum atomic E-state index is 0.954. The van der Waals surface area contributed by atoms with Crippen molar-refractivity contribution in [3.05, 3.63) is 34.2 Å². The maximum absolute atomic E-state index is 4.67. The van der Waals surface area contributed by atoms with Gasteiger partial charge in [0.2, 0.25) is 0 Å². The second kappa shape index (κ2) is 6.49. The molecule has 0 radical (unpaired) electrons. The predicted octanol–water partition coefficient (Wildman–Crippen LogP) is 2.26. The first-order valence-corrected chi connectivity index (χ1v) is 8.31. The van der Waals surface area contributed by atoms with E-state index in [4.69, 9.17) is 0 Å². The summed E-state index contributed by atoms with van der Waals surface area (Å²) in [6, 6.07) is 0. The molecule has 1 aliphatic heterocycles. The summed E-state index contributed by atoms with van der Waals surface area (Å²) in [6.45, 7) is 9.21. The fraction of sp³-hybridized carbons (Fsp3) is 0.533. The molecule has 0 atom stereocenters. The topological polar surface area (TPSA) is 45.2 Å². The molecule has 1 saturated heterocycles. The van der Waals surface area contributed by atoms with Gasteiger partial charge in [0.05, 0.1) is 22.6 Å². The zero-order valence-corrected chi connectivity index (χ0v) is 13.4. The largest absolute Gasteiger partial charge is 0.354 e. The lowest BCUT2D eigenvalue weighted by atomic mass is 10.3. The summed E-state index contributed by atoms with van der Waals surface area (Å²) in [6.07, 6.45) is 2.99. The van der Waals surface area contributed by atoms with Crippen molar-refractivity contribution < 1.29 is 0 Å². The van der Waals surface area contributed by atoms with Crippen LogP contribution in [-0.2, 0) is 6.54 Å². The highest BCUT2D eigenvalue weighted by atomic mass is 32.1. The van der Waals surface area contributed by atoms with Gasteiger partial charge in [-0.05, 0) is 20.3 Å². The molecule has 2 aromatic heterocycles. The molecule has 0 aromatic carbocycles. The Balaban J connectivity index is 1.66. The molecule has 0 unspecified atom stereocenters.